The Morgan fingerprint density at radius 2 is 1.38 bits per heavy atom. The van der Waals surface area contributed by atoms with Crippen LogP contribution in [-0.4, -0.2) is 151 Å². The van der Waals surface area contributed by atoms with E-state index in [2.05, 4.69) is 69.8 Å². The Kier molecular flexibility index (Phi) is 24.6. The third kappa shape index (κ3) is 20.3. The van der Waals surface area contributed by atoms with Crippen molar-refractivity contribution < 1.29 is 19.8 Å². The molecule has 2 atom stereocenters. The summed E-state index contributed by atoms with van der Waals surface area (Å²) in [7, 11) is 4.19. The fourth-order valence-electron chi connectivity index (χ4n) is 5.22. The van der Waals surface area contributed by atoms with Crippen LogP contribution in [0.3, 0.4) is 0 Å². The monoisotopic (exact) mass is 731 g/mol. The lowest BCUT2D eigenvalue weighted by Crippen LogP contribution is -2.30. The van der Waals surface area contributed by atoms with Crippen LogP contribution >= 0.6 is 34.3 Å². The molecule has 0 amide bonds. The smallest absolute Gasteiger partial charge is 0.136 e. The predicted molar refractivity (Wildman–Crippen MR) is 200 cm³/mol. The van der Waals surface area contributed by atoms with Gasteiger partial charge in [-0.15, -0.1) is 34.3 Å². The zero-order chi connectivity index (χ0) is 35.9. The largest absolute Gasteiger partial charge is 0.396 e. The average Bonchev–Trinajstić information content (AvgIpc) is 3.58. The van der Waals surface area contributed by atoms with Crippen LogP contribution in [0.5, 0.6) is 0 Å². The molecule has 2 aliphatic rings. The Labute approximate surface area is 302 Å². The maximum atomic E-state index is 11.1. The number of alkyl halides is 1. The topological polar surface area (TPSA) is 125 Å². The fraction of sp³-hybridized carbons (Fsp3) is 0.765. The van der Waals surface area contributed by atoms with Crippen molar-refractivity contribution >= 4 is 45.8 Å². The number of hydrogen-bond acceptors (Lipinski definition) is 13. The molecule has 48 heavy (non-hydrogen) atoms. The molecule has 2 aromatic heterocycles. The molecule has 2 fully saturated rings. The Bertz CT molecular complexity index is 1130. The lowest BCUT2D eigenvalue weighted by atomic mass is 10.1. The molecule has 11 nitrogen and oxygen atoms in total. The molecule has 0 aliphatic carbocycles. The number of aliphatic hydroxyl groups is 2. The van der Waals surface area contributed by atoms with Gasteiger partial charge in [0.25, 0.3) is 0 Å². The number of ketones is 2. The molecule has 276 valence electrons. The van der Waals surface area contributed by atoms with Gasteiger partial charge in [-0.05, 0) is 47.6 Å². The SMILES string of the molecule is CC(=O)Cc1ncc(CCl)s1.CC(=O)Cc1ncc(CN2CCN(C)CC(CO)C2)s1.CCN(CC)CC.CN1CCNCC(CO)C1. The number of nitrogens with one attached hydrogen (secondary N) is 1. The fourth-order valence-corrected chi connectivity index (χ4v) is 7.34. The summed E-state index contributed by atoms with van der Waals surface area (Å²) in [6, 6.07) is 0. The van der Waals surface area contributed by atoms with Gasteiger partial charge in [-0.3, -0.25) is 14.5 Å². The Balaban J connectivity index is 0.000000350. The van der Waals surface area contributed by atoms with Crippen LogP contribution in [0.1, 0.15) is 54.4 Å². The normalized spacial score (nSPS) is 19.1. The first-order chi connectivity index (χ1) is 23.0. The summed E-state index contributed by atoms with van der Waals surface area (Å²) < 4.78 is 0. The molecule has 3 N–H and O–H groups in total. The minimum atomic E-state index is 0.139. The van der Waals surface area contributed by atoms with E-state index in [0.717, 1.165) is 73.8 Å². The number of Topliss-reactive ketones (excluding diaryl/α,β-unsaturated/α-hetero) is 2. The van der Waals surface area contributed by atoms with E-state index < -0.39 is 0 Å². The highest BCUT2D eigenvalue weighted by molar-refractivity contribution is 7.12. The second-order valence-corrected chi connectivity index (χ2v) is 15.2. The first kappa shape index (κ1) is 44.6. The van der Waals surface area contributed by atoms with Crippen molar-refractivity contribution in [1.29, 1.82) is 0 Å². The van der Waals surface area contributed by atoms with Crippen LogP contribution in [0.15, 0.2) is 12.4 Å². The molecule has 0 spiro atoms. The number of aliphatic hydroxyl groups excluding tert-OH is 2. The van der Waals surface area contributed by atoms with Crippen molar-refractivity contribution in [2.75, 3.05) is 99.3 Å². The lowest BCUT2D eigenvalue weighted by Gasteiger charge is -2.21. The van der Waals surface area contributed by atoms with Crippen LogP contribution in [-0.2, 0) is 34.9 Å². The Morgan fingerprint density at radius 3 is 1.85 bits per heavy atom. The first-order valence-electron chi connectivity index (χ1n) is 17.1. The second-order valence-electron chi connectivity index (χ2n) is 12.5. The average molecular weight is 733 g/mol. The van der Waals surface area contributed by atoms with E-state index in [1.165, 1.54) is 35.8 Å². The van der Waals surface area contributed by atoms with Gasteiger partial charge in [0.15, 0.2) is 0 Å². The van der Waals surface area contributed by atoms with Gasteiger partial charge in [0, 0.05) is 106 Å². The number of hydrogen-bond donors (Lipinski definition) is 3. The first-order valence-corrected chi connectivity index (χ1v) is 19.3. The van der Waals surface area contributed by atoms with Crippen molar-refractivity contribution in [3.63, 3.8) is 0 Å². The van der Waals surface area contributed by atoms with Gasteiger partial charge in [0.05, 0.1) is 18.7 Å². The minimum absolute atomic E-state index is 0.139. The van der Waals surface area contributed by atoms with E-state index in [0.29, 0.717) is 37.2 Å². The summed E-state index contributed by atoms with van der Waals surface area (Å²) in [5.74, 6) is 1.51. The quantitative estimate of drug-likeness (QED) is 0.279. The summed E-state index contributed by atoms with van der Waals surface area (Å²) in [4.78, 5) is 41.6. The number of rotatable bonds is 12. The van der Waals surface area contributed by atoms with Gasteiger partial charge in [-0.25, -0.2) is 9.97 Å². The third-order valence-corrected chi connectivity index (χ3v) is 10.4. The number of carbonyl (C=O) groups is 2. The van der Waals surface area contributed by atoms with Gasteiger partial charge in [0.1, 0.15) is 21.6 Å². The highest BCUT2D eigenvalue weighted by Gasteiger charge is 2.21. The van der Waals surface area contributed by atoms with Crippen molar-refractivity contribution in [2.24, 2.45) is 11.8 Å². The predicted octanol–water partition coefficient (Wildman–Crippen LogP) is 3.12. The molecule has 0 saturated carbocycles. The van der Waals surface area contributed by atoms with E-state index in [9.17, 15) is 14.7 Å². The summed E-state index contributed by atoms with van der Waals surface area (Å²) in [6.07, 6.45) is 4.47. The standard InChI is InChI=1S/C14H23N3O2S.C7H8ClNOS.C7H16N2O.C6H15N/c1-11(19)5-14-15-6-13(20-14)9-17-4-3-16(2)7-12(8-17)10-18;1-5(10)2-7-9-4-6(3-8)11-7;1-9-3-2-8-4-7(5-9)6-10;1-4-7(5-2)6-3/h6,12,18H,3-5,7-10H2,1-2H3;4H,2-3H2,1H3;7-8,10H,2-6H2,1H3;4-6H2,1-3H3. The number of halogens is 1. The molecule has 2 aliphatic heterocycles. The highest BCUT2D eigenvalue weighted by atomic mass is 35.5. The van der Waals surface area contributed by atoms with Crippen LogP contribution in [0.4, 0.5) is 0 Å². The molecular weight excluding hydrogens is 670 g/mol. The molecule has 2 aromatic rings. The van der Waals surface area contributed by atoms with Crippen LogP contribution in [0.25, 0.3) is 0 Å². The van der Waals surface area contributed by atoms with Gasteiger partial charge >= 0.3 is 0 Å². The van der Waals surface area contributed by atoms with Gasteiger partial charge < -0.3 is 30.2 Å². The van der Waals surface area contributed by atoms with Crippen molar-refractivity contribution in [3.8, 4) is 0 Å². The molecule has 14 heteroatoms. The minimum Gasteiger partial charge on any atom is -0.396 e. The lowest BCUT2D eigenvalue weighted by molar-refractivity contribution is -0.117. The van der Waals surface area contributed by atoms with E-state index in [1.54, 1.807) is 31.4 Å². The molecule has 4 heterocycles. The van der Waals surface area contributed by atoms with Crippen molar-refractivity contribution in [3.05, 3.63) is 32.2 Å². The van der Waals surface area contributed by atoms with Crippen LogP contribution in [0, 0.1) is 11.8 Å². The van der Waals surface area contributed by atoms with Gasteiger partial charge in [-0.2, -0.15) is 0 Å². The molecule has 4 rings (SSSR count). The van der Waals surface area contributed by atoms with Crippen LogP contribution < -0.4 is 5.32 Å². The van der Waals surface area contributed by atoms with E-state index in [-0.39, 0.29) is 18.2 Å². The summed E-state index contributed by atoms with van der Waals surface area (Å²) in [5, 5.41) is 23.3. The zero-order valence-electron chi connectivity index (χ0n) is 30.4. The van der Waals surface area contributed by atoms with Crippen molar-refractivity contribution in [1.82, 2.24) is 34.9 Å². The third-order valence-electron chi connectivity index (χ3n) is 7.93. The van der Waals surface area contributed by atoms with E-state index in [1.807, 2.05) is 6.20 Å². The van der Waals surface area contributed by atoms with Crippen molar-refractivity contribution in [2.45, 2.75) is 59.9 Å². The number of carbonyl (C=O) groups excluding carboxylic acids is 2. The number of thiazole rings is 2. The maximum absolute atomic E-state index is 11.1. The van der Waals surface area contributed by atoms with Gasteiger partial charge in [0.2, 0.25) is 0 Å². The molecule has 0 bridgehead atoms. The molecule has 0 aromatic carbocycles. The van der Waals surface area contributed by atoms with Crippen LogP contribution in [0.2, 0.25) is 0 Å². The van der Waals surface area contributed by atoms with Gasteiger partial charge in [-0.1, -0.05) is 20.8 Å². The second kappa shape index (κ2) is 26.4. The van der Waals surface area contributed by atoms with E-state index in [4.69, 9.17) is 16.7 Å². The van der Waals surface area contributed by atoms with E-state index >= 15 is 0 Å². The Morgan fingerprint density at radius 1 is 0.854 bits per heavy atom. The number of likely N-dealkylation sites (N-methyl/N-ethyl adjacent to an activating group) is 2. The summed E-state index contributed by atoms with van der Waals surface area (Å²) >= 11 is 8.68. The summed E-state index contributed by atoms with van der Waals surface area (Å²) in [5.41, 5.74) is 0. The highest BCUT2D eigenvalue weighted by Crippen LogP contribution is 2.18. The molecule has 2 saturated heterocycles. The molecular formula is C34H62ClN7O4S2. The molecule has 2 unspecified atom stereocenters. The zero-order valence-corrected chi connectivity index (χ0v) is 32.8. The maximum Gasteiger partial charge on any atom is 0.136 e. The Hall–Kier alpha value is -1.39. The molecule has 0 radical (unpaired) electrons. The summed E-state index contributed by atoms with van der Waals surface area (Å²) in [6.45, 7) is 22.7. The number of aromatic nitrogens is 2. The number of nitrogens with zero attached hydrogens (tertiary/aromatic N) is 6.